The number of anilines is 1. The minimum atomic E-state index is 0.726. The Labute approximate surface area is 109 Å². The van der Waals surface area contributed by atoms with Gasteiger partial charge in [-0.05, 0) is 24.6 Å². The van der Waals surface area contributed by atoms with Crippen LogP contribution < -0.4 is 5.32 Å². The minimum Gasteiger partial charge on any atom is -0.363 e. The Morgan fingerprint density at radius 3 is 3.06 bits per heavy atom. The highest BCUT2D eigenvalue weighted by molar-refractivity contribution is 7.09. The fourth-order valence-electron chi connectivity index (χ4n) is 1.79. The molecule has 0 aliphatic heterocycles. The van der Waals surface area contributed by atoms with Gasteiger partial charge in [0.15, 0.2) is 0 Å². The maximum Gasteiger partial charge on any atom is 0.139 e. The van der Waals surface area contributed by atoms with Gasteiger partial charge in [0.25, 0.3) is 0 Å². The zero-order valence-electron chi connectivity index (χ0n) is 10.1. The van der Waals surface area contributed by atoms with Crippen molar-refractivity contribution < 1.29 is 0 Å². The Balaban J connectivity index is 1.72. The summed E-state index contributed by atoms with van der Waals surface area (Å²) in [7, 11) is 0. The molecular formula is C13H14N4S. The topological polar surface area (TPSA) is 53.6 Å². The fourth-order valence-corrected chi connectivity index (χ4v) is 2.60. The van der Waals surface area contributed by atoms with Crippen LogP contribution in [0.2, 0.25) is 0 Å². The van der Waals surface area contributed by atoms with Crippen molar-refractivity contribution in [3.05, 3.63) is 40.5 Å². The van der Waals surface area contributed by atoms with E-state index in [1.165, 1.54) is 0 Å². The maximum absolute atomic E-state index is 4.52. The van der Waals surface area contributed by atoms with Gasteiger partial charge in [-0.3, -0.25) is 0 Å². The van der Waals surface area contributed by atoms with Crippen LogP contribution in [0.3, 0.4) is 0 Å². The molecule has 5 heteroatoms. The number of nitrogens with one attached hydrogen (secondary N) is 2. The first-order chi connectivity index (χ1) is 8.85. The van der Waals surface area contributed by atoms with E-state index in [1.807, 2.05) is 18.3 Å². The molecule has 0 aromatic carbocycles. The van der Waals surface area contributed by atoms with E-state index in [4.69, 9.17) is 0 Å². The van der Waals surface area contributed by atoms with Crippen LogP contribution in [0.4, 0.5) is 5.82 Å². The van der Waals surface area contributed by atoms with E-state index in [0.29, 0.717) is 0 Å². The fraction of sp³-hybridized carbons (Fsp3) is 0.231. The van der Waals surface area contributed by atoms with Crippen molar-refractivity contribution in [3.8, 4) is 0 Å². The molecule has 2 N–H and O–H groups in total. The number of hydrogen-bond acceptors (Lipinski definition) is 4. The third-order valence-corrected chi connectivity index (χ3v) is 3.69. The van der Waals surface area contributed by atoms with Crippen LogP contribution in [-0.2, 0) is 13.0 Å². The lowest BCUT2D eigenvalue weighted by Crippen LogP contribution is -2.01. The molecule has 0 amide bonds. The molecule has 0 fully saturated rings. The van der Waals surface area contributed by atoms with Crippen LogP contribution in [0.25, 0.3) is 11.0 Å². The first kappa shape index (κ1) is 11.2. The normalized spacial score (nSPS) is 10.9. The molecule has 0 aliphatic rings. The molecule has 3 rings (SSSR count). The highest BCUT2D eigenvalue weighted by atomic mass is 32.1. The van der Waals surface area contributed by atoms with Crippen LogP contribution >= 0.6 is 11.3 Å². The number of fused-ring (bicyclic) bond motifs is 1. The van der Waals surface area contributed by atoms with Crippen molar-refractivity contribution in [1.29, 1.82) is 0 Å². The van der Waals surface area contributed by atoms with E-state index >= 15 is 0 Å². The number of thiazole rings is 1. The Hall–Kier alpha value is -1.88. The molecule has 0 radical (unpaired) electrons. The lowest BCUT2D eigenvalue weighted by molar-refractivity contribution is 1.00. The SMILES string of the molecule is CCc1csc(CNc2ccc3cc[nH]c3n2)n1. The van der Waals surface area contributed by atoms with Crippen molar-refractivity contribution in [2.24, 2.45) is 0 Å². The van der Waals surface area contributed by atoms with Crippen LogP contribution in [-0.4, -0.2) is 15.0 Å². The molecule has 18 heavy (non-hydrogen) atoms. The summed E-state index contributed by atoms with van der Waals surface area (Å²) in [6.07, 6.45) is 2.89. The third-order valence-electron chi connectivity index (χ3n) is 2.79. The quantitative estimate of drug-likeness (QED) is 0.755. The number of rotatable bonds is 4. The van der Waals surface area contributed by atoms with E-state index in [9.17, 15) is 0 Å². The summed E-state index contributed by atoms with van der Waals surface area (Å²) < 4.78 is 0. The van der Waals surface area contributed by atoms with Crippen molar-refractivity contribution in [1.82, 2.24) is 15.0 Å². The van der Waals surface area contributed by atoms with Gasteiger partial charge < -0.3 is 10.3 Å². The van der Waals surface area contributed by atoms with Gasteiger partial charge >= 0.3 is 0 Å². The highest BCUT2D eigenvalue weighted by Crippen LogP contribution is 2.15. The Morgan fingerprint density at radius 1 is 1.28 bits per heavy atom. The second-order valence-corrected chi connectivity index (χ2v) is 4.99. The summed E-state index contributed by atoms with van der Waals surface area (Å²) in [6.45, 7) is 2.84. The van der Waals surface area contributed by atoms with E-state index in [2.05, 4.69) is 38.6 Å². The van der Waals surface area contributed by atoms with Gasteiger partial charge in [-0.2, -0.15) is 0 Å². The zero-order valence-corrected chi connectivity index (χ0v) is 10.9. The molecule has 0 spiro atoms. The second kappa shape index (κ2) is 4.78. The predicted molar refractivity (Wildman–Crippen MR) is 74.9 cm³/mol. The Kier molecular flexibility index (Phi) is 2.98. The summed E-state index contributed by atoms with van der Waals surface area (Å²) in [5, 5.41) is 7.63. The van der Waals surface area contributed by atoms with E-state index < -0.39 is 0 Å². The van der Waals surface area contributed by atoms with Gasteiger partial charge in [0.2, 0.25) is 0 Å². The first-order valence-electron chi connectivity index (χ1n) is 5.96. The molecule has 0 bridgehead atoms. The number of aryl methyl sites for hydroxylation is 1. The summed E-state index contributed by atoms with van der Waals surface area (Å²) in [4.78, 5) is 12.1. The molecule has 3 aromatic heterocycles. The molecule has 0 saturated heterocycles. The minimum absolute atomic E-state index is 0.726. The molecule has 0 atom stereocenters. The number of hydrogen-bond donors (Lipinski definition) is 2. The molecular weight excluding hydrogens is 244 g/mol. The molecule has 92 valence electrons. The Bertz CT molecular complexity index is 656. The summed E-state index contributed by atoms with van der Waals surface area (Å²) in [6, 6.07) is 6.06. The molecule has 0 unspecified atom stereocenters. The molecule has 0 saturated carbocycles. The largest absolute Gasteiger partial charge is 0.363 e. The van der Waals surface area contributed by atoms with Gasteiger partial charge in [0, 0.05) is 17.0 Å². The van der Waals surface area contributed by atoms with Crippen molar-refractivity contribution in [2.75, 3.05) is 5.32 Å². The Morgan fingerprint density at radius 2 is 2.22 bits per heavy atom. The molecule has 0 aliphatic carbocycles. The molecule has 3 aromatic rings. The van der Waals surface area contributed by atoms with Crippen LogP contribution in [0, 0.1) is 0 Å². The van der Waals surface area contributed by atoms with Crippen molar-refractivity contribution >= 4 is 28.2 Å². The first-order valence-corrected chi connectivity index (χ1v) is 6.84. The number of aromatic nitrogens is 3. The van der Waals surface area contributed by atoms with Crippen molar-refractivity contribution in [3.63, 3.8) is 0 Å². The lowest BCUT2D eigenvalue weighted by atomic mass is 10.3. The van der Waals surface area contributed by atoms with Gasteiger partial charge in [-0.1, -0.05) is 6.92 Å². The van der Waals surface area contributed by atoms with E-state index in [1.54, 1.807) is 11.3 Å². The second-order valence-electron chi connectivity index (χ2n) is 4.05. The lowest BCUT2D eigenvalue weighted by Gasteiger charge is -2.02. The standard InChI is InChI=1S/C13H14N4S/c1-2-10-8-18-12(16-10)7-15-11-4-3-9-5-6-14-13(9)17-11/h3-6,8H,2,7H2,1H3,(H2,14,15,17). The maximum atomic E-state index is 4.52. The van der Waals surface area contributed by atoms with Gasteiger partial charge in [0.05, 0.1) is 12.2 Å². The predicted octanol–water partition coefficient (Wildman–Crippen LogP) is 3.19. The summed E-state index contributed by atoms with van der Waals surface area (Å²) in [5.74, 6) is 0.873. The highest BCUT2D eigenvalue weighted by Gasteiger charge is 2.02. The smallest absolute Gasteiger partial charge is 0.139 e. The van der Waals surface area contributed by atoms with E-state index in [-0.39, 0.29) is 0 Å². The number of aromatic amines is 1. The van der Waals surface area contributed by atoms with Crippen LogP contribution in [0.1, 0.15) is 17.6 Å². The number of H-pyrrole nitrogens is 1. The molecule has 3 heterocycles. The number of pyridine rings is 1. The third kappa shape index (κ3) is 2.22. The molecule has 4 nitrogen and oxygen atoms in total. The van der Waals surface area contributed by atoms with Crippen molar-refractivity contribution in [2.45, 2.75) is 19.9 Å². The average molecular weight is 258 g/mol. The monoisotopic (exact) mass is 258 g/mol. The van der Waals surface area contributed by atoms with Crippen LogP contribution in [0.5, 0.6) is 0 Å². The van der Waals surface area contributed by atoms with Crippen LogP contribution in [0.15, 0.2) is 29.8 Å². The summed E-state index contributed by atoms with van der Waals surface area (Å²) >= 11 is 1.69. The van der Waals surface area contributed by atoms with Gasteiger partial charge in [-0.15, -0.1) is 11.3 Å². The zero-order chi connectivity index (χ0) is 12.4. The average Bonchev–Trinajstić information content (AvgIpc) is 3.04. The number of nitrogens with zero attached hydrogens (tertiary/aromatic N) is 2. The summed E-state index contributed by atoms with van der Waals surface area (Å²) in [5.41, 5.74) is 2.07. The van der Waals surface area contributed by atoms with Gasteiger partial charge in [-0.25, -0.2) is 9.97 Å². The van der Waals surface area contributed by atoms with Gasteiger partial charge in [0.1, 0.15) is 16.5 Å². The van der Waals surface area contributed by atoms with E-state index in [0.717, 1.165) is 40.5 Å².